The third kappa shape index (κ3) is 4.29. The molecule has 22 heavy (non-hydrogen) atoms. The van der Waals surface area contributed by atoms with Crippen LogP contribution in [0.3, 0.4) is 0 Å². The Labute approximate surface area is 136 Å². The van der Waals surface area contributed by atoms with Gasteiger partial charge in [-0.3, -0.25) is 0 Å². The van der Waals surface area contributed by atoms with Crippen LogP contribution in [0.4, 0.5) is 0 Å². The van der Waals surface area contributed by atoms with E-state index in [-0.39, 0.29) is 11.1 Å². The average Bonchev–Trinajstić information content (AvgIpc) is 2.52. The predicted molar refractivity (Wildman–Crippen MR) is 83.0 cm³/mol. The molecule has 0 saturated carbocycles. The standard InChI is InChI=1S/C16H14O4S2/c17-15(18)11-5-1-3-7-13(11)21-9-10-22-14-8-4-2-6-12(14)16(19)20/h1-8H,9-10H2,(H,17,18)(H,19,20)/p-2. The maximum absolute atomic E-state index is 11.0. The van der Waals surface area contributed by atoms with Crippen molar-refractivity contribution in [3.05, 3.63) is 59.7 Å². The van der Waals surface area contributed by atoms with Gasteiger partial charge in [0.1, 0.15) is 0 Å². The largest absolute Gasteiger partial charge is 0.545 e. The molecule has 114 valence electrons. The highest BCUT2D eigenvalue weighted by atomic mass is 32.2. The number of hydrogen-bond acceptors (Lipinski definition) is 6. The van der Waals surface area contributed by atoms with Gasteiger partial charge in [-0.2, -0.15) is 0 Å². The van der Waals surface area contributed by atoms with Gasteiger partial charge in [0.15, 0.2) is 0 Å². The molecule has 0 radical (unpaired) electrons. The Balaban J connectivity index is 1.93. The number of carboxylic acid groups (broad SMARTS) is 2. The van der Waals surface area contributed by atoms with E-state index in [0.29, 0.717) is 21.3 Å². The van der Waals surface area contributed by atoms with E-state index >= 15 is 0 Å². The lowest BCUT2D eigenvalue weighted by Gasteiger charge is -2.11. The van der Waals surface area contributed by atoms with Crippen LogP contribution in [0.25, 0.3) is 0 Å². The molecular weight excluding hydrogens is 320 g/mol. The number of hydrogen-bond donors (Lipinski definition) is 0. The van der Waals surface area contributed by atoms with E-state index in [1.54, 1.807) is 36.4 Å². The van der Waals surface area contributed by atoms with Gasteiger partial charge in [-0.25, -0.2) is 0 Å². The molecule has 0 aliphatic carbocycles. The minimum Gasteiger partial charge on any atom is -0.545 e. The van der Waals surface area contributed by atoms with E-state index in [1.807, 2.05) is 0 Å². The summed E-state index contributed by atoms with van der Waals surface area (Å²) in [6, 6.07) is 13.3. The highest BCUT2D eigenvalue weighted by Crippen LogP contribution is 2.27. The number of benzene rings is 2. The second kappa shape index (κ2) is 7.91. The Bertz CT molecular complexity index is 626. The molecular formula is C16H12O4S2-2. The zero-order valence-electron chi connectivity index (χ0n) is 11.5. The number of aromatic carboxylic acids is 2. The third-order valence-electron chi connectivity index (χ3n) is 2.81. The fraction of sp³-hybridized carbons (Fsp3) is 0.125. The van der Waals surface area contributed by atoms with E-state index in [2.05, 4.69) is 0 Å². The summed E-state index contributed by atoms with van der Waals surface area (Å²) < 4.78 is 0. The highest BCUT2D eigenvalue weighted by molar-refractivity contribution is 8.03. The molecule has 0 aliphatic heterocycles. The second-order valence-corrected chi connectivity index (χ2v) is 6.54. The van der Waals surface area contributed by atoms with E-state index in [4.69, 9.17) is 0 Å². The van der Waals surface area contributed by atoms with E-state index < -0.39 is 11.9 Å². The third-order valence-corrected chi connectivity index (χ3v) is 5.22. The normalized spacial score (nSPS) is 10.4. The zero-order chi connectivity index (χ0) is 15.9. The first kappa shape index (κ1) is 16.5. The van der Waals surface area contributed by atoms with Crippen LogP contribution in [-0.2, 0) is 0 Å². The molecule has 0 aliphatic rings. The topological polar surface area (TPSA) is 80.3 Å². The van der Waals surface area contributed by atoms with Crippen molar-refractivity contribution in [2.24, 2.45) is 0 Å². The molecule has 0 heterocycles. The Morgan fingerprint density at radius 1 is 0.727 bits per heavy atom. The summed E-state index contributed by atoms with van der Waals surface area (Å²) in [5.41, 5.74) is 0.347. The lowest BCUT2D eigenvalue weighted by Crippen LogP contribution is -2.23. The molecule has 0 fully saturated rings. The summed E-state index contributed by atoms with van der Waals surface area (Å²) in [6.07, 6.45) is 0. The lowest BCUT2D eigenvalue weighted by molar-refractivity contribution is -0.256. The molecule has 0 unspecified atom stereocenters. The van der Waals surface area contributed by atoms with E-state index in [9.17, 15) is 19.8 Å². The van der Waals surface area contributed by atoms with Crippen LogP contribution in [-0.4, -0.2) is 23.4 Å². The smallest absolute Gasteiger partial charge is 0.0726 e. The molecule has 0 saturated heterocycles. The highest BCUT2D eigenvalue weighted by Gasteiger charge is 2.05. The predicted octanol–water partition coefficient (Wildman–Crippen LogP) is 1.30. The Morgan fingerprint density at radius 3 is 1.45 bits per heavy atom. The molecule has 2 aromatic rings. The van der Waals surface area contributed by atoms with Gasteiger partial charge in [0, 0.05) is 32.4 Å². The molecule has 0 atom stereocenters. The number of rotatable bonds is 7. The molecule has 0 N–H and O–H groups in total. The zero-order valence-corrected chi connectivity index (χ0v) is 13.1. The van der Waals surface area contributed by atoms with Gasteiger partial charge in [0.05, 0.1) is 11.9 Å². The van der Waals surface area contributed by atoms with Crippen molar-refractivity contribution in [3.8, 4) is 0 Å². The van der Waals surface area contributed by atoms with Crippen LogP contribution >= 0.6 is 23.5 Å². The molecule has 4 nitrogen and oxygen atoms in total. The van der Waals surface area contributed by atoms with E-state index in [0.717, 1.165) is 0 Å². The van der Waals surface area contributed by atoms with Crippen LogP contribution < -0.4 is 10.2 Å². The van der Waals surface area contributed by atoms with E-state index in [1.165, 1.54) is 35.7 Å². The van der Waals surface area contributed by atoms with Crippen molar-refractivity contribution >= 4 is 35.5 Å². The molecule has 2 aromatic carbocycles. The summed E-state index contributed by atoms with van der Waals surface area (Å²) in [5.74, 6) is -1.09. The lowest BCUT2D eigenvalue weighted by atomic mass is 10.2. The summed E-state index contributed by atoms with van der Waals surface area (Å²) in [5, 5.41) is 22.0. The number of carbonyl (C=O) groups excluding carboxylic acids is 2. The quantitative estimate of drug-likeness (QED) is 0.561. The van der Waals surface area contributed by atoms with Crippen molar-refractivity contribution in [2.45, 2.75) is 9.79 Å². The molecule has 0 bridgehead atoms. The first-order chi connectivity index (χ1) is 10.6. The van der Waals surface area contributed by atoms with Crippen molar-refractivity contribution in [3.63, 3.8) is 0 Å². The maximum Gasteiger partial charge on any atom is 0.0726 e. The Kier molecular flexibility index (Phi) is 5.91. The SMILES string of the molecule is O=C([O-])c1ccccc1SCCSc1ccccc1C(=O)[O-]. The van der Waals surface area contributed by atoms with Gasteiger partial charge in [0.2, 0.25) is 0 Å². The molecule has 0 amide bonds. The first-order valence-corrected chi connectivity index (χ1v) is 8.43. The first-order valence-electron chi connectivity index (χ1n) is 6.46. The molecule has 0 spiro atoms. The minimum atomic E-state index is -1.20. The van der Waals surface area contributed by atoms with Gasteiger partial charge >= 0.3 is 0 Å². The molecule has 2 rings (SSSR count). The van der Waals surface area contributed by atoms with Crippen molar-refractivity contribution < 1.29 is 19.8 Å². The summed E-state index contributed by atoms with van der Waals surface area (Å²) in [6.45, 7) is 0. The van der Waals surface area contributed by atoms with Gasteiger partial charge in [-0.15, -0.1) is 23.5 Å². The fourth-order valence-corrected chi connectivity index (χ4v) is 3.90. The Hall–Kier alpha value is -1.92. The van der Waals surface area contributed by atoms with Gasteiger partial charge in [-0.1, -0.05) is 36.4 Å². The van der Waals surface area contributed by atoms with Crippen LogP contribution in [0.1, 0.15) is 20.7 Å². The number of carbonyl (C=O) groups is 2. The van der Waals surface area contributed by atoms with Crippen LogP contribution in [0.5, 0.6) is 0 Å². The van der Waals surface area contributed by atoms with Gasteiger partial charge in [0.25, 0.3) is 0 Å². The van der Waals surface area contributed by atoms with Gasteiger partial charge in [-0.05, 0) is 12.1 Å². The van der Waals surface area contributed by atoms with Crippen molar-refractivity contribution in [1.82, 2.24) is 0 Å². The van der Waals surface area contributed by atoms with Crippen LogP contribution in [0.15, 0.2) is 58.3 Å². The monoisotopic (exact) mass is 332 g/mol. The summed E-state index contributed by atoms with van der Waals surface area (Å²) in [4.78, 5) is 23.3. The minimum absolute atomic E-state index is 0.174. The number of carboxylic acids is 2. The van der Waals surface area contributed by atoms with Crippen molar-refractivity contribution in [1.29, 1.82) is 0 Å². The van der Waals surface area contributed by atoms with Gasteiger partial charge < -0.3 is 19.8 Å². The average molecular weight is 332 g/mol. The summed E-state index contributed by atoms with van der Waals surface area (Å²) in [7, 11) is 0. The molecule has 6 heteroatoms. The summed E-state index contributed by atoms with van der Waals surface area (Å²) >= 11 is 2.81. The second-order valence-electron chi connectivity index (χ2n) is 4.26. The fourth-order valence-electron chi connectivity index (χ4n) is 1.83. The molecule has 0 aromatic heterocycles. The maximum atomic E-state index is 11.0. The Morgan fingerprint density at radius 2 is 1.09 bits per heavy atom. The number of thioether (sulfide) groups is 2. The van der Waals surface area contributed by atoms with Crippen molar-refractivity contribution in [2.75, 3.05) is 11.5 Å². The van der Waals surface area contributed by atoms with Crippen LogP contribution in [0, 0.1) is 0 Å². The van der Waals surface area contributed by atoms with Crippen LogP contribution in [0.2, 0.25) is 0 Å².